The molecule has 6 aromatic carbocycles. The summed E-state index contributed by atoms with van der Waals surface area (Å²) in [5, 5.41) is 0. The molecule has 1 atom stereocenters. The minimum Gasteiger partial charge on any atom is -0.494 e. The largest absolute Gasteiger partial charge is 0.494 e. The lowest BCUT2D eigenvalue weighted by Crippen LogP contribution is -2.10. The van der Waals surface area contributed by atoms with Crippen LogP contribution in [0, 0.1) is 11.8 Å². The first-order valence-corrected chi connectivity index (χ1v) is 26.8. The van der Waals surface area contributed by atoms with Crippen LogP contribution in [-0.4, -0.2) is 37.1 Å². The molecule has 0 aliphatic rings. The summed E-state index contributed by atoms with van der Waals surface area (Å²) < 4.78 is 34.2. The standard InChI is InChI=1S/C64H74O10/c1-5-6-7-8-9-10-11-12-13-14-15-16-44-69-55-31-25-50(26-32-55)61(65)72-58-35-27-51(28-36-58)62(66)71-57-33-23-49(24-34-57)53-21-18-22-54(46-53)64(68)74-59-37-29-52(30-38-59)63(67)73-60-41-39-56(40-42-60)70-45-43-48(4)20-17-19-47(2)3/h18,21-42,46-48H,5-17,19-20,43-45H2,1-4H3/t48-/m1/s1. The Morgan fingerprint density at radius 2 is 0.730 bits per heavy atom. The van der Waals surface area contributed by atoms with E-state index in [9.17, 15) is 19.2 Å². The van der Waals surface area contributed by atoms with Crippen molar-refractivity contribution < 1.29 is 47.6 Å². The highest BCUT2D eigenvalue weighted by Gasteiger charge is 2.16. The fourth-order valence-electron chi connectivity index (χ4n) is 8.34. The van der Waals surface area contributed by atoms with Gasteiger partial charge in [0.1, 0.15) is 34.5 Å². The lowest BCUT2D eigenvalue weighted by Gasteiger charge is -2.13. The van der Waals surface area contributed by atoms with Gasteiger partial charge in [0.15, 0.2) is 0 Å². The van der Waals surface area contributed by atoms with Crippen LogP contribution < -0.4 is 28.4 Å². The van der Waals surface area contributed by atoms with Gasteiger partial charge >= 0.3 is 23.9 Å². The molecule has 0 heterocycles. The number of hydrogen-bond donors (Lipinski definition) is 0. The van der Waals surface area contributed by atoms with Crippen LogP contribution in [0.25, 0.3) is 11.1 Å². The third kappa shape index (κ3) is 19.7. The van der Waals surface area contributed by atoms with Crippen molar-refractivity contribution in [1.82, 2.24) is 0 Å². The van der Waals surface area contributed by atoms with Crippen LogP contribution in [0.5, 0.6) is 34.5 Å². The highest BCUT2D eigenvalue weighted by atomic mass is 16.5. The monoisotopic (exact) mass is 1000 g/mol. The van der Waals surface area contributed by atoms with Gasteiger partial charge in [-0.05, 0) is 157 Å². The van der Waals surface area contributed by atoms with Crippen LogP contribution in [0.3, 0.4) is 0 Å². The third-order valence-electron chi connectivity index (χ3n) is 12.8. The Morgan fingerprint density at radius 1 is 0.351 bits per heavy atom. The van der Waals surface area contributed by atoms with Crippen molar-refractivity contribution in [2.45, 2.75) is 130 Å². The van der Waals surface area contributed by atoms with E-state index in [0.29, 0.717) is 53.1 Å². The van der Waals surface area contributed by atoms with Gasteiger partial charge in [0.25, 0.3) is 0 Å². The van der Waals surface area contributed by atoms with Crippen molar-refractivity contribution in [3.8, 4) is 45.6 Å². The Labute approximate surface area is 438 Å². The Hall–Kier alpha value is -7.20. The van der Waals surface area contributed by atoms with E-state index in [1.54, 1.807) is 127 Å². The van der Waals surface area contributed by atoms with Crippen molar-refractivity contribution in [3.63, 3.8) is 0 Å². The molecule has 0 fully saturated rings. The summed E-state index contributed by atoms with van der Waals surface area (Å²) >= 11 is 0. The number of carbonyl (C=O) groups is 4. The number of benzene rings is 6. The van der Waals surface area contributed by atoms with Gasteiger partial charge in [-0.25, -0.2) is 19.2 Å². The van der Waals surface area contributed by atoms with Gasteiger partial charge in [-0.15, -0.1) is 0 Å². The molecule has 0 aliphatic heterocycles. The highest BCUT2D eigenvalue weighted by molar-refractivity contribution is 5.94. The minimum absolute atomic E-state index is 0.265. The number of hydrogen-bond acceptors (Lipinski definition) is 10. The maximum absolute atomic E-state index is 13.2. The van der Waals surface area contributed by atoms with Gasteiger partial charge in [-0.2, -0.15) is 0 Å². The van der Waals surface area contributed by atoms with E-state index in [4.69, 9.17) is 28.4 Å². The lowest BCUT2D eigenvalue weighted by atomic mass is 9.98. The fourth-order valence-corrected chi connectivity index (χ4v) is 8.34. The second-order valence-electron chi connectivity index (χ2n) is 19.5. The molecule has 10 nitrogen and oxygen atoms in total. The molecule has 390 valence electrons. The summed E-state index contributed by atoms with van der Waals surface area (Å²) in [6.45, 7) is 10.3. The number of esters is 4. The smallest absolute Gasteiger partial charge is 0.343 e. The summed E-state index contributed by atoms with van der Waals surface area (Å²) in [7, 11) is 0. The summed E-state index contributed by atoms with van der Waals surface area (Å²) in [4.78, 5) is 52.0. The van der Waals surface area contributed by atoms with Gasteiger partial charge in [0, 0.05) is 0 Å². The molecule has 0 N–H and O–H groups in total. The fraction of sp³-hybridized carbons (Fsp3) is 0.375. The predicted octanol–water partition coefficient (Wildman–Crippen LogP) is 16.5. The Morgan fingerprint density at radius 3 is 1.19 bits per heavy atom. The van der Waals surface area contributed by atoms with Crippen molar-refractivity contribution in [2.75, 3.05) is 13.2 Å². The first-order chi connectivity index (χ1) is 36.0. The molecule has 0 bridgehead atoms. The minimum atomic E-state index is -0.580. The average molecular weight is 1000 g/mol. The second-order valence-corrected chi connectivity index (χ2v) is 19.5. The molecule has 0 aromatic heterocycles. The molecule has 10 heteroatoms. The maximum atomic E-state index is 13.2. The quantitative estimate of drug-likeness (QED) is 0.0236. The van der Waals surface area contributed by atoms with E-state index in [1.807, 2.05) is 6.07 Å². The highest BCUT2D eigenvalue weighted by Crippen LogP contribution is 2.27. The number of rotatable bonds is 31. The van der Waals surface area contributed by atoms with Gasteiger partial charge in [-0.3, -0.25) is 0 Å². The number of ether oxygens (including phenoxy) is 6. The lowest BCUT2D eigenvalue weighted by molar-refractivity contribution is 0.0720. The third-order valence-corrected chi connectivity index (χ3v) is 12.8. The molecule has 6 aromatic rings. The van der Waals surface area contributed by atoms with E-state index >= 15 is 0 Å². The van der Waals surface area contributed by atoms with Crippen LogP contribution >= 0.6 is 0 Å². The first-order valence-electron chi connectivity index (χ1n) is 26.8. The number of carbonyl (C=O) groups excluding carboxylic acids is 4. The zero-order valence-corrected chi connectivity index (χ0v) is 43.8. The van der Waals surface area contributed by atoms with Crippen molar-refractivity contribution >= 4 is 23.9 Å². The van der Waals surface area contributed by atoms with Crippen LogP contribution in [0.2, 0.25) is 0 Å². The predicted molar refractivity (Wildman–Crippen MR) is 292 cm³/mol. The summed E-state index contributed by atoms with van der Waals surface area (Å²) in [6, 6.07) is 40.1. The molecule has 6 rings (SSSR count). The van der Waals surface area contributed by atoms with E-state index in [-0.39, 0.29) is 17.1 Å². The Kier molecular flexibility index (Phi) is 23.3. The molecule has 0 radical (unpaired) electrons. The van der Waals surface area contributed by atoms with Gasteiger partial charge in [0.05, 0.1) is 35.5 Å². The van der Waals surface area contributed by atoms with E-state index in [2.05, 4.69) is 27.7 Å². The average Bonchev–Trinajstić information content (AvgIpc) is 3.41. The van der Waals surface area contributed by atoms with E-state index in [1.165, 1.54) is 95.6 Å². The number of unbranched alkanes of at least 4 members (excludes halogenated alkanes) is 11. The maximum Gasteiger partial charge on any atom is 0.343 e. The zero-order chi connectivity index (χ0) is 52.3. The van der Waals surface area contributed by atoms with Gasteiger partial charge in [0.2, 0.25) is 0 Å². The van der Waals surface area contributed by atoms with E-state index < -0.39 is 23.9 Å². The van der Waals surface area contributed by atoms with Crippen molar-refractivity contribution in [3.05, 3.63) is 168 Å². The Balaban J connectivity index is 0.880. The molecule has 74 heavy (non-hydrogen) atoms. The molecule has 0 saturated carbocycles. The summed E-state index contributed by atoms with van der Waals surface area (Å²) in [5.41, 5.74) is 2.81. The molecule has 0 amide bonds. The summed E-state index contributed by atoms with van der Waals surface area (Å²) in [5.74, 6) is 1.82. The molecular formula is C64H74O10. The van der Waals surface area contributed by atoms with Gasteiger partial charge in [-0.1, -0.05) is 142 Å². The molecular weight excluding hydrogens is 929 g/mol. The Bertz CT molecular complexity index is 2620. The van der Waals surface area contributed by atoms with Crippen LogP contribution in [0.1, 0.15) is 172 Å². The molecule has 0 spiro atoms. The van der Waals surface area contributed by atoms with Crippen molar-refractivity contribution in [1.29, 1.82) is 0 Å². The second kappa shape index (κ2) is 30.7. The summed E-state index contributed by atoms with van der Waals surface area (Å²) in [6.07, 6.45) is 20.2. The van der Waals surface area contributed by atoms with Crippen LogP contribution in [-0.2, 0) is 0 Å². The normalized spacial score (nSPS) is 11.4. The SMILES string of the molecule is CCCCCCCCCCCCCCOc1ccc(C(=O)Oc2ccc(C(=O)Oc3ccc(-c4cccc(C(=O)Oc5ccc(C(=O)Oc6ccc(OCC[C@H](C)CCCC(C)C)cc6)cc5)c4)cc3)cc2)cc1. The van der Waals surface area contributed by atoms with Crippen LogP contribution in [0.15, 0.2) is 146 Å². The van der Waals surface area contributed by atoms with Gasteiger partial charge < -0.3 is 28.4 Å². The van der Waals surface area contributed by atoms with Crippen LogP contribution in [0.4, 0.5) is 0 Å². The topological polar surface area (TPSA) is 124 Å². The zero-order valence-electron chi connectivity index (χ0n) is 43.8. The molecule has 0 unspecified atom stereocenters. The van der Waals surface area contributed by atoms with E-state index in [0.717, 1.165) is 42.1 Å². The molecule has 0 aliphatic carbocycles. The molecule has 0 saturated heterocycles. The first kappa shape index (κ1) is 56.1. The van der Waals surface area contributed by atoms with Crippen molar-refractivity contribution in [2.24, 2.45) is 11.8 Å².